The second-order valence-corrected chi connectivity index (χ2v) is 1.66. The van der Waals surface area contributed by atoms with E-state index in [9.17, 15) is 0 Å². The summed E-state index contributed by atoms with van der Waals surface area (Å²) in [5.74, 6) is 0. The van der Waals surface area contributed by atoms with E-state index in [2.05, 4.69) is 8.85 Å². The average Bonchev–Trinajstić information content (AvgIpc) is 1.92. The molecular weight excluding hydrogens is 168 g/mol. The Balaban J connectivity index is -0.0000000933. The number of nitrogens with zero attached hydrogens (tertiary/aromatic N) is 2. The molecule has 0 rings (SSSR count). The van der Waals surface area contributed by atoms with Crippen LogP contribution in [0.3, 0.4) is 0 Å². The van der Waals surface area contributed by atoms with Crippen molar-refractivity contribution < 1.29 is 18.4 Å². The minimum Gasteiger partial charge on any atom is -0.724 e. The summed E-state index contributed by atoms with van der Waals surface area (Å²) in [6.45, 7) is 0. The van der Waals surface area contributed by atoms with Gasteiger partial charge in [-0.15, -0.1) is 0 Å². The first-order valence-electron chi connectivity index (χ1n) is 2.08. The van der Waals surface area contributed by atoms with Crippen molar-refractivity contribution in [1.29, 1.82) is 0 Å². The third-order valence-corrected chi connectivity index (χ3v) is 0.500. The minimum absolute atomic E-state index is 0.198. The first-order chi connectivity index (χ1) is 5.24. The molecule has 0 atom stereocenters. The molecule has 0 heterocycles. The van der Waals surface area contributed by atoms with Gasteiger partial charge in [0, 0.05) is 14.2 Å². The highest BCUT2D eigenvalue weighted by Crippen LogP contribution is 1.55. The molecule has 0 spiro atoms. The molecule has 11 heavy (non-hydrogen) atoms. The molecule has 0 saturated heterocycles. The van der Waals surface area contributed by atoms with Crippen LogP contribution in [0.25, 0.3) is 10.8 Å². The molecule has 62 valence electrons. The van der Waals surface area contributed by atoms with Gasteiger partial charge in [-0.05, 0) is 12.2 Å². The number of rotatable bonds is 2. The van der Waals surface area contributed by atoms with E-state index in [0.717, 1.165) is 0 Å². The molecule has 0 aliphatic carbocycles. The van der Waals surface area contributed by atoms with Gasteiger partial charge >= 0.3 is 10.0 Å². The Morgan fingerprint density at radius 3 is 1.27 bits per heavy atom. The van der Waals surface area contributed by atoms with Crippen LogP contribution in [0.5, 0.6) is 0 Å². The second-order valence-electron chi connectivity index (χ2n) is 0.674. The summed E-state index contributed by atoms with van der Waals surface area (Å²) < 4.78 is 8.99. The average molecular weight is 174 g/mol. The zero-order valence-electron chi connectivity index (χ0n) is 6.03. The lowest BCUT2D eigenvalue weighted by Gasteiger charge is -1.82. The van der Waals surface area contributed by atoms with Crippen LogP contribution in [0.1, 0.15) is 0 Å². The van der Waals surface area contributed by atoms with Crippen LogP contribution < -0.4 is 0 Å². The first-order valence-corrected chi connectivity index (χ1v) is 2.90. The number of isocyanates is 2. The summed E-state index contributed by atoms with van der Waals surface area (Å²) in [6, 6.07) is 0. The van der Waals surface area contributed by atoms with E-state index in [1.165, 1.54) is 0 Å². The van der Waals surface area contributed by atoms with Gasteiger partial charge in [-0.1, -0.05) is 0 Å². The molecule has 0 amide bonds. The molecule has 2 radical (unpaired) electrons. The Morgan fingerprint density at radius 2 is 1.27 bits per heavy atom. The largest absolute Gasteiger partial charge is 0.724 e. The number of hydrogen-bond acceptors (Lipinski definition) is 4. The Kier molecular flexibility index (Phi) is 54.7. The zero-order chi connectivity index (χ0) is 9.54. The molecule has 0 saturated carbocycles. The van der Waals surface area contributed by atoms with Crippen LogP contribution >= 0.6 is 0 Å². The fourth-order valence-electron chi connectivity index (χ4n) is 0.0833. The van der Waals surface area contributed by atoms with Gasteiger partial charge < -0.3 is 19.7 Å². The van der Waals surface area contributed by atoms with Gasteiger partial charge in [0.1, 0.15) is 0 Å². The van der Waals surface area contributed by atoms with Crippen LogP contribution in [0.2, 0.25) is 0 Å². The summed E-state index contributed by atoms with van der Waals surface area (Å²) in [6.07, 6.45) is 1.00. The van der Waals surface area contributed by atoms with Crippen molar-refractivity contribution in [3.8, 4) is 0 Å². The van der Waals surface area contributed by atoms with Crippen molar-refractivity contribution in [1.82, 2.24) is 0 Å². The SMILES string of the molecule is CO[Si]OC.[N-]=C=O.[N-]=C=O. The second kappa shape index (κ2) is 36.5. The van der Waals surface area contributed by atoms with Gasteiger partial charge in [0.25, 0.3) is 0 Å². The molecule has 0 unspecified atom stereocenters. The predicted molar refractivity (Wildman–Crippen MR) is 37.9 cm³/mol. The maximum absolute atomic E-state index is 8.24. The molecule has 0 aromatic carbocycles. The van der Waals surface area contributed by atoms with Gasteiger partial charge in [-0.2, -0.15) is 0 Å². The van der Waals surface area contributed by atoms with Crippen molar-refractivity contribution in [2.24, 2.45) is 0 Å². The lowest BCUT2D eigenvalue weighted by molar-refractivity contribution is 0.309. The zero-order valence-corrected chi connectivity index (χ0v) is 7.03. The van der Waals surface area contributed by atoms with Gasteiger partial charge in [0.05, 0.1) is 0 Å². The summed E-state index contributed by atoms with van der Waals surface area (Å²) in [5, 5.41) is 13.5. The fraction of sp³-hybridized carbons (Fsp3) is 0.500. The summed E-state index contributed by atoms with van der Waals surface area (Å²) >= 11 is 0. The molecule has 0 aliphatic rings. The fourth-order valence-corrected chi connectivity index (χ4v) is 0.250. The summed E-state index contributed by atoms with van der Waals surface area (Å²) in [4.78, 5) is 16.5. The molecule has 0 aliphatic heterocycles. The van der Waals surface area contributed by atoms with Crippen LogP contribution in [-0.2, 0) is 18.4 Å². The standard InChI is InChI=1S/C2H6O2Si.2CNO/c1-3-5-4-2;2*2-1-3/h1-2H3;;/q;2*-1. The topological polar surface area (TPSA) is 97.2 Å². The number of carbonyl (C=O) groups excluding carboxylic acids is 2. The Morgan fingerprint density at radius 1 is 1.09 bits per heavy atom. The van der Waals surface area contributed by atoms with Crippen LogP contribution in [-0.4, -0.2) is 36.4 Å². The monoisotopic (exact) mass is 174 g/mol. The van der Waals surface area contributed by atoms with Gasteiger partial charge in [-0.3, -0.25) is 9.59 Å². The lowest BCUT2D eigenvalue weighted by Crippen LogP contribution is -1.93. The van der Waals surface area contributed by atoms with Crippen molar-refractivity contribution in [2.45, 2.75) is 0 Å². The van der Waals surface area contributed by atoms with Gasteiger partial charge in [0.15, 0.2) is 0 Å². The van der Waals surface area contributed by atoms with Gasteiger partial charge in [-0.25, -0.2) is 0 Å². The Labute approximate surface area is 66.6 Å². The van der Waals surface area contributed by atoms with Gasteiger partial charge in [0.2, 0.25) is 0 Å². The summed E-state index contributed by atoms with van der Waals surface area (Å²) in [7, 11) is 3.40. The highest BCUT2D eigenvalue weighted by atomic mass is 28.3. The minimum atomic E-state index is 0.198. The third kappa shape index (κ3) is 526. The van der Waals surface area contributed by atoms with Crippen LogP contribution in [0.4, 0.5) is 0 Å². The van der Waals surface area contributed by atoms with E-state index in [1.807, 2.05) is 0 Å². The molecule has 7 heteroatoms. The van der Waals surface area contributed by atoms with Crippen molar-refractivity contribution in [3.63, 3.8) is 0 Å². The van der Waals surface area contributed by atoms with E-state index in [4.69, 9.17) is 20.4 Å². The Bertz CT molecular complexity index is 103. The van der Waals surface area contributed by atoms with E-state index >= 15 is 0 Å². The Hall–Kier alpha value is -1.10. The smallest absolute Gasteiger partial charge is 0.432 e. The van der Waals surface area contributed by atoms with E-state index in [1.54, 1.807) is 14.2 Å². The molecule has 0 aromatic rings. The molecule has 0 fully saturated rings. The summed E-state index contributed by atoms with van der Waals surface area (Å²) in [5.41, 5.74) is 0. The van der Waals surface area contributed by atoms with E-state index in [0.29, 0.717) is 12.2 Å². The molecule has 0 bridgehead atoms. The molecular formula is C4H6N2O4Si-2. The van der Waals surface area contributed by atoms with E-state index in [-0.39, 0.29) is 10.0 Å². The molecule has 6 nitrogen and oxygen atoms in total. The third-order valence-electron chi connectivity index (χ3n) is 0.167. The van der Waals surface area contributed by atoms with Crippen molar-refractivity contribution in [2.75, 3.05) is 14.2 Å². The number of hydrogen-bond donors (Lipinski definition) is 0. The normalized spacial score (nSPS) is 5.27. The maximum Gasteiger partial charge on any atom is 0.432 e. The predicted octanol–water partition coefficient (Wildman–Crippen LogP) is -0.403. The maximum atomic E-state index is 8.24. The lowest BCUT2D eigenvalue weighted by atomic mass is 11.7. The molecule has 0 N–H and O–H groups in total. The van der Waals surface area contributed by atoms with E-state index < -0.39 is 0 Å². The van der Waals surface area contributed by atoms with Crippen LogP contribution in [0.15, 0.2) is 0 Å². The highest BCUT2D eigenvalue weighted by Gasteiger charge is 1.73. The first kappa shape index (κ1) is 16.5. The quantitative estimate of drug-likeness (QED) is 0.323. The van der Waals surface area contributed by atoms with Crippen LogP contribution in [0, 0.1) is 0 Å². The highest BCUT2D eigenvalue weighted by molar-refractivity contribution is 6.17. The van der Waals surface area contributed by atoms with Crippen molar-refractivity contribution >= 4 is 22.2 Å². The van der Waals surface area contributed by atoms with Crippen molar-refractivity contribution in [3.05, 3.63) is 10.8 Å². The molecule has 0 aromatic heterocycles.